The zero-order valence-electron chi connectivity index (χ0n) is 10.1. The molecule has 2 aromatic rings. The van der Waals surface area contributed by atoms with Crippen LogP contribution in [-0.2, 0) is 6.18 Å². The maximum Gasteiger partial charge on any atom is 0.433 e. The molecule has 1 aromatic carbocycles. The van der Waals surface area contributed by atoms with E-state index in [0.29, 0.717) is 6.07 Å². The first-order valence-corrected chi connectivity index (χ1v) is 5.76. The van der Waals surface area contributed by atoms with E-state index in [-0.39, 0.29) is 16.3 Å². The molecule has 0 fully saturated rings. The molecule has 0 saturated carbocycles. The van der Waals surface area contributed by atoms with Crippen LogP contribution in [0.3, 0.4) is 0 Å². The van der Waals surface area contributed by atoms with Crippen LogP contribution in [0.25, 0.3) is 0 Å². The molecule has 1 heterocycles. The summed E-state index contributed by atoms with van der Waals surface area (Å²) in [7, 11) is 0. The number of rotatable bonds is 3. The van der Waals surface area contributed by atoms with Crippen LogP contribution < -0.4 is 4.74 Å². The van der Waals surface area contributed by atoms with Crippen LogP contribution in [0.15, 0.2) is 30.5 Å². The van der Waals surface area contributed by atoms with E-state index >= 15 is 0 Å². The van der Waals surface area contributed by atoms with Crippen LogP contribution in [0.4, 0.5) is 13.2 Å². The monoisotopic (exact) mass is 318 g/mol. The number of ether oxygens (including phenoxy) is 1. The first-order chi connectivity index (χ1) is 9.77. The molecule has 0 unspecified atom stereocenters. The summed E-state index contributed by atoms with van der Waals surface area (Å²) in [5, 5.41) is 9.14. The SMILES string of the molecule is O=C(O)c1cc(Cl)ccc1Oc1nccc(C(F)(F)F)n1. The Morgan fingerprint density at radius 1 is 1.29 bits per heavy atom. The Kier molecular flexibility index (Phi) is 3.99. The maximum absolute atomic E-state index is 12.5. The van der Waals surface area contributed by atoms with Gasteiger partial charge in [-0.15, -0.1) is 0 Å². The summed E-state index contributed by atoms with van der Waals surface area (Å²) in [6.45, 7) is 0. The normalized spacial score (nSPS) is 11.2. The van der Waals surface area contributed by atoms with Gasteiger partial charge in [-0.3, -0.25) is 0 Å². The molecule has 110 valence electrons. The molecule has 9 heteroatoms. The van der Waals surface area contributed by atoms with Crippen LogP contribution in [0, 0.1) is 0 Å². The Morgan fingerprint density at radius 2 is 2.00 bits per heavy atom. The van der Waals surface area contributed by atoms with E-state index in [0.717, 1.165) is 12.3 Å². The van der Waals surface area contributed by atoms with Crippen molar-refractivity contribution in [3.8, 4) is 11.8 Å². The highest BCUT2D eigenvalue weighted by molar-refractivity contribution is 6.31. The lowest BCUT2D eigenvalue weighted by Gasteiger charge is -2.09. The van der Waals surface area contributed by atoms with Gasteiger partial charge in [0.25, 0.3) is 0 Å². The van der Waals surface area contributed by atoms with Crippen LogP contribution in [0.2, 0.25) is 5.02 Å². The number of halogens is 4. The molecule has 1 aromatic heterocycles. The van der Waals surface area contributed by atoms with E-state index in [4.69, 9.17) is 21.4 Å². The number of nitrogens with zero attached hydrogens (tertiary/aromatic N) is 2. The fraction of sp³-hybridized carbons (Fsp3) is 0.0833. The summed E-state index contributed by atoms with van der Waals surface area (Å²) >= 11 is 5.65. The lowest BCUT2D eigenvalue weighted by molar-refractivity contribution is -0.141. The van der Waals surface area contributed by atoms with E-state index in [2.05, 4.69) is 9.97 Å². The van der Waals surface area contributed by atoms with Crippen molar-refractivity contribution in [1.29, 1.82) is 0 Å². The molecule has 0 aliphatic rings. The van der Waals surface area contributed by atoms with Crippen LogP contribution in [-0.4, -0.2) is 21.0 Å². The van der Waals surface area contributed by atoms with Crippen molar-refractivity contribution in [3.63, 3.8) is 0 Å². The topological polar surface area (TPSA) is 72.3 Å². The molecule has 0 atom stereocenters. The van der Waals surface area contributed by atoms with Crippen LogP contribution >= 0.6 is 11.6 Å². The summed E-state index contributed by atoms with van der Waals surface area (Å²) in [4.78, 5) is 17.7. The minimum Gasteiger partial charge on any atom is -0.478 e. The van der Waals surface area contributed by atoms with Crippen molar-refractivity contribution in [2.24, 2.45) is 0 Å². The summed E-state index contributed by atoms with van der Waals surface area (Å²) in [5.41, 5.74) is -1.51. The number of benzene rings is 1. The van der Waals surface area contributed by atoms with E-state index < -0.39 is 23.8 Å². The first kappa shape index (κ1) is 15.0. The minimum absolute atomic E-state index is 0.143. The third-order valence-corrected chi connectivity index (χ3v) is 2.53. The van der Waals surface area contributed by atoms with Gasteiger partial charge in [0.2, 0.25) is 0 Å². The number of aromatic carboxylic acids is 1. The molecule has 1 N–H and O–H groups in total. The van der Waals surface area contributed by atoms with Gasteiger partial charge < -0.3 is 9.84 Å². The molecule has 0 radical (unpaired) electrons. The molecule has 2 rings (SSSR count). The Hall–Kier alpha value is -2.35. The lowest BCUT2D eigenvalue weighted by atomic mass is 10.2. The summed E-state index contributed by atoms with van der Waals surface area (Å²) in [5.74, 6) is -1.56. The van der Waals surface area contributed by atoms with Crippen molar-refractivity contribution in [2.75, 3.05) is 0 Å². The molecule has 0 aliphatic carbocycles. The summed E-state index contributed by atoms with van der Waals surface area (Å²) in [6.07, 6.45) is -3.79. The van der Waals surface area contributed by atoms with E-state index in [9.17, 15) is 18.0 Å². The van der Waals surface area contributed by atoms with E-state index in [1.807, 2.05) is 0 Å². The zero-order chi connectivity index (χ0) is 15.6. The number of carboxylic acids is 1. The first-order valence-electron chi connectivity index (χ1n) is 5.38. The Balaban J connectivity index is 2.37. The molecule has 0 saturated heterocycles. The predicted molar refractivity (Wildman–Crippen MR) is 65.5 cm³/mol. The second-order valence-corrected chi connectivity index (χ2v) is 4.21. The van der Waals surface area contributed by atoms with Gasteiger partial charge in [-0.05, 0) is 24.3 Å². The van der Waals surface area contributed by atoms with Gasteiger partial charge in [-0.25, -0.2) is 9.78 Å². The lowest BCUT2D eigenvalue weighted by Crippen LogP contribution is -2.09. The average Bonchev–Trinajstić information content (AvgIpc) is 2.40. The Labute approximate surface area is 121 Å². The van der Waals surface area contributed by atoms with Gasteiger partial charge in [-0.2, -0.15) is 18.2 Å². The highest BCUT2D eigenvalue weighted by Gasteiger charge is 2.33. The van der Waals surface area contributed by atoms with Crippen molar-refractivity contribution in [1.82, 2.24) is 9.97 Å². The number of hydrogen-bond acceptors (Lipinski definition) is 4. The van der Waals surface area contributed by atoms with Gasteiger partial charge in [0, 0.05) is 11.2 Å². The highest BCUT2D eigenvalue weighted by Crippen LogP contribution is 2.30. The molecule has 0 aliphatic heterocycles. The summed E-state index contributed by atoms with van der Waals surface area (Å²) in [6, 6.07) is 3.70. The molecular formula is C12H6ClF3N2O3. The second kappa shape index (κ2) is 5.57. The quantitative estimate of drug-likeness (QED) is 0.935. The van der Waals surface area contributed by atoms with Gasteiger partial charge in [0.05, 0.1) is 0 Å². The highest BCUT2D eigenvalue weighted by atomic mass is 35.5. The Morgan fingerprint density at radius 3 is 2.62 bits per heavy atom. The molecule has 0 amide bonds. The van der Waals surface area contributed by atoms with Gasteiger partial charge in [0.15, 0.2) is 5.69 Å². The minimum atomic E-state index is -4.66. The largest absolute Gasteiger partial charge is 0.478 e. The smallest absolute Gasteiger partial charge is 0.433 e. The van der Waals surface area contributed by atoms with Crippen molar-refractivity contribution in [2.45, 2.75) is 6.18 Å². The number of alkyl halides is 3. The molecule has 0 spiro atoms. The van der Waals surface area contributed by atoms with Crippen molar-refractivity contribution >= 4 is 17.6 Å². The van der Waals surface area contributed by atoms with E-state index in [1.54, 1.807) is 0 Å². The number of carbonyl (C=O) groups is 1. The molecule has 21 heavy (non-hydrogen) atoms. The van der Waals surface area contributed by atoms with Gasteiger partial charge >= 0.3 is 18.2 Å². The summed E-state index contributed by atoms with van der Waals surface area (Å²) < 4.78 is 42.5. The standard InChI is InChI=1S/C12H6ClF3N2O3/c13-6-1-2-8(7(5-6)10(19)20)21-11-17-4-3-9(18-11)12(14,15)16/h1-5H,(H,19,20). The van der Waals surface area contributed by atoms with Crippen molar-refractivity contribution < 1.29 is 27.8 Å². The second-order valence-electron chi connectivity index (χ2n) is 3.77. The Bertz CT molecular complexity index is 692. The number of aromatic nitrogens is 2. The van der Waals surface area contributed by atoms with Crippen molar-refractivity contribution in [3.05, 3.63) is 46.7 Å². The van der Waals surface area contributed by atoms with Gasteiger partial charge in [-0.1, -0.05) is 11.6 Å². The van der Waals surface area contributed by atoms with Crippen LogP contribution in [0.5, 0.6) is 11.8 Å². The fourth-order valence-corrected chi connectivity index (χ4v) is 1.58. The van der Waals surface area contributed by atoms with Gasteiger partial charge in [0.1, 0.15) is 11.3 Å². The number of hydrogen-bond donors (Lipinski definition) is 1. The fourth-order valence-electron chi connectivity index (χ4n) is 1.40. The maximum atomic E-state index is 12.5. The zero-order valence-corrected chi connectivity index (χ0v) is 10.8. The molecule has 5 nitrogen and oxygen atoms in total. The predicted octanol–water partition coefficient (Wildman–Crippen LogP) is 3.64. The average molecular weight is 319 g/mol. The number of carboxylic acid groups (broad SMARTS) is 1. The third-order valence-electron chi connectivity index (χ3n) is 2.30. The molecular weight excluding hydrogens is 313 g/mol. The molecule has 0 bridgehead atoms. The third kappa shape index (κ3) is 3.60. The van der Waals surface area contributed by atoms with E-state index in [1.165, 1.54) is 12.1 Å². The van der Waals surface area contributed by atoms with Crippen LogP contribution in [0.1, 0.15) is 16.1 Å².